The van der Waals surface area contributed by atoms with Crippen LogP contribution in [-0.4, -0.2) is 38.5 Å². The molecule has 102 valence electrons. The van der Waals surface area contributed by atoms with Crippen LogP contribution in [0.4, 0.5) is 6.01 Å². The minimum Gasteiger partial charge on any atom is -0.493 e. The Kier molecular flexibility index (Phi) is 3.89. The summed E-state index contributed by atoms with van der Waals surface area (Å²) in [5.41, 5.74) is 1.02. The highest BCUT2D eigenvalue weighted by Crippen LogP contribution is 2.28. The zero-order valence-corrected chi connectivity index (χ0v) is 11.5. The van der Waals surface area contributed by atoms with E-state index < -0.39 is 0 Å². The monoisotopic (exact) mass is 263 g/mol. The normalized spacial score (nSPS) is 10.3. The lowest BCUT2D eigenvalue weighted by atomic mass is 10.1. The van der Waals surface area contributed by atoms with Crippen molar-refractivity contribution in [2.45, 2.75) is 6.42 Å². The average molecular weight is 263 g/mol. The molecule has 0 aliphatic rings. The third-order valence-electron chi connectivity index (χ3n) is 2.64. The number of aromatic nitrogens is 2. The Hall–Kier alpha value is -2.24. The summed E-state index contributed by atoms with van der Waals surface area (Å²) >= 11 is 0. The van der Waals surface area contributed by atoms with Gasteiger partial charge in [-0.15, -0.1) is 5.10 Å². The first-order chi connectivity index (χ1) is 9.13. The maximum Gasteiger partial charge on any atom is 0.317 e. The third kappa shape index (κ3) is 2.96. The highest BCUT2D eigenvalue weighted by atomic mass is 16.5. The molecule has 1 aromatic heterocycles. The molecule has 2 rings (SSSR count). The molecule has 1 aromatic carbocycles. The van der Waals surface area contributed by atoms with Gasteiger partial charge in [0.1, 0.15) is 0 Å². The van der Waals surface area contributed by atoms with Crippen LogP contribution < -0.4 is 14.4 Å². The molecular weight excluding hydrogens is 246 g/mol. The van der Waals surface area contributed by atoms with Crippen LogP contribution in [0.15, 0.2) is 22.6 Å². The Morgan fingerprint density at radius 3 is 2.42 bits per heavy atom. The highest BCUT2D eigenvalue weighted by molar-refractivity contribution is 5.43. The van der Waals surface area contributed by atoms with Crippen molar-refractivity contribution in [2.75, 3.05) is 33.2 Å². The minimum absolute atomic E-state index is 0.496. The first kappa shape index (κ1) is 13.2. The van der Waals surface area contributed by atoms with Crippen molar-refractivity contribution in [1.82, 2.24) is 10.2 Å². The number of methoxy groups -OCH3 is 2. The van der Waals surface area contributed by atoms with E-state index in [-0.39, 0.29) is 0 Å². The number of hydrogen-bond donors (Lipinski definition) is 0. The van der Waals surface area contributed by atoms with Crippen molar-refractivity contribution >= 4 is 6.01 Å². The van der Waals surface area contributed by atoms with Gasteiger partial charge in [0.2, 0.25) is 5.89 Å². The number of nitrogens with zero attached hydrogens (tertiary/aromatic N) is 3. The van der Waals surface area contributed by atoms with Crippen LogP contribution >= 0.6 is 0 Å². The summed E-state index contributed by atoms with van der Waals surface area (Å²) in [6, 6.07) is 6.20. The maximum absolute atomic E-state index is 5.51. The lowest BCUT2D eigenvalue weighted by Gasteiger charge is -2.08. The van der Waals surface area contributed by atoms with E-state index in [1.54, 1.807) is 19.1 Å². The quantitative estimate of drug-likeness (QED) is 0.819. The fourth-order valence-corrected chi connectivity index (χ4v) is 1.66. The first-order valence-electron chi connectivity index (χ1n) is 5.84. The van der Waals surface area contributed by atoms with Gasteiger partial charge in [-0.05, 0) is 17.7 Å². The second-order valence-corrected chi connectivity index (χ2v) is 4.24. The van der Waals surface area contributed by atoms with Crippen LogP contribution in [0.25, 0.3) is 0 Å². The van der Waals surface area contributed by atoms with E-state index in [9.17, 15) is 0 Å². The number of benzene rings is 1. The van der Waals surface area contributed by atoms with E-state index in [0.717, 1.165) is 5.56 Å². The number of hydrogen-bond acceptors (Lipinski definition) is 6. The second-order valence-electron chi connectivity index (χ2n) is 4.24. The maximum atomic E-state index is 5.51. The highest BCUT2D eigenvalue weighted by Gasteiger charge is 2.10. The standard InChI is InChI=1S/C13H17N3O3/c1-16(2)13-15-14-12(19-13)8-9-5-6-10(17-3)11(7-9)18-4/h5-7H,8H2,1-4H3. The molecule has 19 heavy (non-hydrogen) atoms. The van der Waals surface area contributed by atoms with Gasteiger partial charge in [0.25, 0.3) is 0 Å². The van der Waals surface area contributed by atoms with Crippen LogP contribution in [0.5, 0.6) is 11.5 Å². The predicted molar refractivity (Wildman–Crippen MR) is 71.0 cm³/mol. The Balaban J connectivity index is 2.18. The number of ether oxygens (including phenoxy) is 2. The van der Waals surface area contributed by atoms with Crippen molar-refractivity contribution in [2.24, 2.45) is 0 Å². The molecule has 0 spiro atoms. The van der Waals surface area contributed by atoms with Gasteiger partial charge in [0, 0.05) is 14.1 Å². The van der Waals surface area contributed by atoms with Gasteiger partial charge < -0.3 is 18.8 Å². The molecule has 0 atom stereocenters. The summed E-state index contributed by atoms with van der Waals surface area (Å²) < 4.78 is 16.0. The van der Waals surface area contributed by atoms with Crippen molar-refractivity contribution in [1.29, 1.82) is 0 Å². The molecule has 0 fully saturated rings. The molecule has 1 heterocycles. The number of anilines is 1. The zero-order valence-electron chi connectivity index (χ0n) is 11.5. The van der Waals surface area contributed by atoms with E-state index in [0.29, 0.717) is 29.8 Å². The van der Waals surface area contributed by atoms with E-state index in [4.69, 9.17) is 13.9 Å². The predicted octanol–water partition coefficient (Wildman–Crippen LogP) is 1.74. The van der Waals surface area contributed by atoms with Crippen molar-refractivity contribution in [3.8, 4) is 11.5 Å². The molecule has 0 unspecified atom stereocenters. The molecule has 0 saturated heterocycles. The largest absolute Gasteiger partial charge is 0.493 e. The topological polar surface area (TPSA) is 60.6 Å². The van der Waals surface area contributed by atoms with Gasteiger partial charge in [-0.2, -0.15) is 0 Å². The van der Waals surface area contributed by atoms with Gasteiger partial charge in [0.15, 0.2) is 11.5 Å². The Labute approximate surface area is 112 Å². The fourth-order valence-electron chi connectivity index (χ4n) is 1.66. The van der Waals surface area contributed by atoms with Crippen LogP contribution in [0.2, 0.25) is 0 Å². The van der Waals surface area contributed by atoms with E-state index in [1.165, 1.54) is 0 Å². The number of rotatable bonds is 5. The fraction of sp³-hybridized carbons (Fsp3) is 0.385. The summed E-state index contributed by atoms with van der Waals surface area (Å²) in [7, 11) is 6.93. The molecule has 6 heteroatoms. The van der Waals surface area contributed by atoms with Gasteiger partial charge in [-0.1, -0.05) is 11.2 Å². The Bertz CT molecular complexity index is 552. The van der Waals surface area contributed by atoms with Gasteiger partial charge in [-0.3, -0.25) is 0 Å². The molecule has 0 N–H and O–H groups in total. The summed E-state index contributed by atoms with van der Waals surface area (Å²) in [6.45, 7) is 0. The first-order valence-corrected chi connectivity index (χ1v) is 5.84. The van der Waals surface area contributed by atoms with Gasteiger partial charge in [-0.25, -0.2) is 0 Å². The van der Waals surface area contributed by atoms with E-state index in [1.807, 2.05) is 32.3 Å². The molecule has 0 bridgehead atoms. The molecule has 6 nitrogen and oxygen atoms in total. The van der Waals surface area contributed by atoms with Crippen LogP contribution in [0, 0.1) is 0 Å². The molecule has 0 radical (unpaired) electrons. The summed E-state index contributed by atoms with van der Waals surface area (Å²) in [5, 5.41) is 7.94. The van der Waals surface area contributed by atoms with Crippen molar-refractivity contribution in [3.63, 3.8) is 0 Å². The molecule has 0 aliphatic heterocycles. The third-order valence-corrected chi connectivity index (χ3v) is 2.64. The Morgan fingerprint density at radius 2 is 1.84 bits per heavy atom. The smallest absolute Gasteiger partial charge is 0.317 e. The summed E-state index contributed by atoms with van der Waals surface area (Å²) in [4.78, 5) is 1.77. The lowest BCUT2D eigenvalue weighted by Crippen LogP contribution is -2.08. The molecular formula is C13H17N3O3. The summed E-state index contributed by atoms with van der Waals surface area (Å²) in [5.74, 6) is 1.95. The lowest BCUT2D eigenvalue weighted by molar-refractivity contribution is 0.354. The van der Waals surface area contributed by atoms with Gasteiger partial charge >= 0.3 is 6.01 Å². The van der Waals surface area contributed by atoms with Crippen LogP contribution in [-0.2, 0) is 6.42 Å². The molecule has 0 aliphatic carbocycles. The molecule has 0 saturated carbocycles. The van der Waals surface area contributed by atoms with Gasteiger partial charge in [0.05, 0.1) is 20.6 Å². The summed E-state index contributed by atoms with van der Waals surface area (Å²) in [6.07, 6.45) is 0.557. The van der Waals surface area contributed by atoms with E-state index >= 15 is 0 Å². The Morgan fingerprint density at radius 1 is 1.11 bits per heavy atom. The van der Waals surface area contributed by atoms with Crippen LogP contribution in [0.3, 0.4) is 0 Å². The second kappa shape index (κ2) is 5.60. The zero-order chi connectivity index (χ0) is 13.8. The average Bonchev–Trinajstić information content (AvgIpc) is 2.87. The SMILES string of the molecule is COc1ccc(Cc2nnc(N(C)C)o2)cc1OC. The van der Waals surface area contributed by atoms with Crippen LogP contribution in [0.1, 0.15) is 11.5 Å². The van der Waals surface area contributed by atoms with E-state index in [2.05, 4.69) is 10.2 Å². The molecule has 0 amide bonds. The minimum atomic E-state index is 0.496. The molecule has 2 aromatic rings. The van der Waals surface area contributed by atoms with Crippen molar-refractivity contribution in [3.05, 3.63) is 29.7 Å². The van der Waals surface area contributed by atoms with Crippen molar-refractivity contribution < 1.29 is 13.9 Å².